The normalized spacial score (nSPS) is 26.7. The van der Waals surface area contributed by atoms with Gasteiger partial charge in [-0.15, -0.1) is 0 Å². The Bertz CT molecular complexity index is 1500. The summed E-state index contributed by atoms with van der Waals surface area (Å²) in [5.74, 6) is -2.29. The van der Waals surface area contributed by atoms with Gasteiger partial charge < -0.3 is 25.0 Å². The lowest BCUT2D eigenvalue weighted by Gasteiger charge is -2.47. The van der Waals surface area contributed by atoms with Crippen LogP contribution < -0.4 is 10.6 Å². The zero-order chi connectivity index (χ0) is 30.7. The predicted molar refractivity (Wildman–Crippen MR) is 155 cm³/mol. The van der Waals surface area contributed by atoms with Gasteiger partial charge in [-0.3, -0.25) is 24.2 Å². The standard InChI is InChI=1S/C29H37N5O8S/c1-3-41-29-22(15-24(35)42-29)32-26(36)23-17-33(43(39,40)4-2)16-19-10-6-8-12-21(28(38)34(19)23)31-27(37)25-20-11-7-5-9-18(20)13-14-30-25/h5,7,9,11,13-14,19,21-23,29H,3-4,6,8,10,12,15-17H2,1-2H3,(H,31,37)(H,32,36)/t19-,21-,22?,23-,29?/m0/s1. The topological polar surface area (TPSA) is 164 Å². The van der Waals surface area contributed by atoms with E-state index in [1.54, 1.807) is 25.1 Å². The minimum atomic E-state index is -3.69. The maximum atomic E-state index is 14.2. The second-order valence-electron chi connectivity index (χ2n) is 11.0. The molecule has 1 aromatic heterocycles. The minimum absolute atomic E-state index is 0.0455. The molecule has 14 heteroatoms. The Morgan fingerprint density at radius 3 is 2.60 bits per heavy atom. The smallest absolute Gasteiger partial charge is 0.310 e. The molecular weight excluding hydrogens is 578 g/mol. The van der Waals surface area contributed by atoms with E-state index in [0.717, 1.165) is 5.39 Å². The molecule has 5 atom stereocenters. The third kappa shape index (κ3) is 6.50. The van der Waals surface area contributed by atoms with E-state index in [1.165, 1.54) is 22.3 Å². The van der Waals surface area contributed by atoms with Crippen molar-refractivity contribution in [2.24, 2.45) is 0 Å². The zero-order valence-corrected chi connectivity index (χ0v) is 25.0. The number of hydrogen-bond donors (Lipinski definition) is 2. The van der Waals surface area contributed by atoms with Gasteiger partial charge in [0, 0.05) is 37.3 Å². The highest BCUT2D eigenvalue weighted by atomic mass is 32.2. The number of ether oxygens (including phenoxy) is 2. The van der Waals surface area contributed by atoms with Crippen molar-refractivity contribution in [3.8, 4) is 0 Å². The number of cyclic esters (lactones) is 1. The molecule has 5 rings (SSSR count). The number of fused-ring (bicyclic) bond motifs is 2. The van der Waals surface area contributed by atoms with Crippen molar-refractivity contribution in [3.63, 3.8) is 0 Å². The number of hydrogen-bond acceptors (Lipinski definition) is 9. The maximum absolute atomic E-state index is 14.2. The number of benzene rings is 1. The van der Waals surface area contributed by atoms with Gasteiger partial charge in [-0.05, 0) is 38.1 Å². The van der Waals surface area contributed by atoms with Gasteiger partial charge in [0.05, 0.1) is 12.2 Å². The zero-order valence-electron chi connectivity index (χ0n) is 24.2. The molecule has 0 saturated carbocycles. The largest absolute Gasteiger partial charge is 0.433 e. The molecule has 2 unspecified atom stereocenters. The third-order valence-corrected chi connectivity index (χ3v) is 10.0. The van der Waals surface area contributed by atoms with Crippen molar-refractivity contribution in [2.45, 2.75) is 76.4 Å². The predicted octanol–water partition coefficient (Wildman–Crippen LogP) is 0.933. The second-order valence-corrected chi connectivity index (χ2v) is 13.2. The van der Waals surface area contributed by atoms with Crippen molar-refractivity contribution in [1.82, 2.24) is 24.8 Å². The molecule has 43 heavy (non-hydrogen) atoms. The van der Waals surface area contributed by atoms with Gasteiger partial charge in [0.2, 0.25) is 28.1 Å². The van der Waals surface area contributed by atoms with E-state index in [9.17, 15) is 27.6 Å². The molecule has 3 amide bonds. The van der Waals surface area contributed by atoms with Crippen LogP contribution in [0.3, 0.4) is 0 Å². The second kappa shape index (κ2) is 12.9. The van der Waals surface area contributed by atoms with E-state index >= 15 is 0 Å². The number of esters is 1. The fourth-order valence-corrected chi connectivity index (χ4v) is 7.19. The van der Waals surface area contributed by atoms with Gasteiger partial charge in [-0.1, -0.05) is 37.1 Å². The molecule has 3 aliphatic heterocycles. The van der Waals surface area contributed by atoms with Crippen LogP contribution >= 0.6 is 0 Å². The molecule has 0 spiro atoms. The molecule has 1 aromatic carbocycles. The van der Waals surface area contributed by atoms with Crippen LogP contribution in [0, 0.1) is 0 Å². The summed E-state index contributed by atoms with van der Waals surface area (Å²) >= 11 is 0. The van der Waals surface area contributed by atoms with Gasteiger partial charge >= 0.3 is 5.97 Å². The highest BCUT2D eigenvalue weighted by molar-refractivity contribution is 7.89. The van der Waals surface area contributed by atoms with E-state index in [1.807, 2.05) is 12.1 Å². The lowest BCUT2D eigenvalue weighted by molar-refractivity contribution is -0.165. The van der Waals surface area contributed by atoms with E-state index in [2.05, 4.69) is 15.6 Å². The first kappa shape index (κ1) is 30.8. The summed E-state index contributed by atoms with van der Waals surface area (Å²) in [4.78, 5) is 59.2. The quantitative estimate of drug-likeness (QED) is 0.411. The number of pyridine rings is 1. The van der Waals surface area contributed by atoms with Crippen LogP contribution in [-0.2, 0) is 33.9 Å². The molecule has 0 radical (unpaired) electrons. The maximum Gasteiger partial charge on any atom is 0.310 e. The van der Waals surface area contributed by atoms with Crippen molar-refractivity contribution >= 4 is 44.5 Å². The number of amides is 3. The van der Waals surface area contributed by atoms with E-state index in [-0.39, 0.29) is 37.6 Å². The molecule has 3 fully saturated rings. The Morgan fingerprint density at radius 1 is 1.07 bits per heavy atom. The minimum Gasteiger partial charge on any atom is -0.433 e. The number of sulfonamides is 1. The summed E-state index contributed by atoms with van der Waals surface area (Å²) in [5, 5.41) is 7.10. The van der Waals surface area contributed by atoms with E-state index in [4.69, 9.17) is 9.47 Å². The van der Waals surface area contributed by atoms with Gasteiger partial charge in [0.15, 0.2) is 0 Å². The van der Waals surface area contributed by atoms with Crippen molar-refractivity contribution in [2.75, 3.05) is 25.4 Å². The molecule has 4 heterocycles. The van der Waals surface area contributed by atoms with Crippen molar-refractivity contribution < 1.29 is 37.1 Å². The molecule has 232 valence electrons. The lowest BCUT2D eigenvalue weighted by atomic mass is 9.94. The van der Waals surface area contributed by atoms with Crippen LogP contribution in [0.5, 0.6) is 0 Å². The highest BCUT2D eigenvalue weighted by Crippen LogP contribution is 2.28. The monoisotopic (exact) mass is 615 g/mol. The first-order chi connectivity index (χ1) is 20.6. The number of aromatic nitrogens is 1. The molecule has 13 nitrogen and oxygen atoms in total. The molecule has 2 N–H and O–H groups in total. The first-order valence-corrected chi connectivity index (χ1v) is 16.3. The highest BCUT2D eigenvalue weighted by Gasteiger charge is 2.48. The Labute approximate surface area is 250 Å². The number of carbonyl (C=O) groups excluding carboxylic acids is 4. The summed E-state index contributed by atoms with van der Waals surface area (Å²) < 4.78 is 37.9. The molecule has 2 aromatic rings. The third-order valence-electron chi connectivity index (χ3n) is 8.23. The number of nitrogens with zero attached hydrogens (tertiary/aromatic N) is 3. The van der Waals surface area contributed by atoms with Crippen LogP contribution in [-0.4, -0.2) is 102 Å². The van der Waals surface area contributed by atoms with Crippen LogP contribution in [0.1, 0.15) is 56.4 Å². The Hall–Kier alpha value is -3.62. The molecule has 0 aliphatic carbocycles. The lowest BCUT2D eigenvalue weighted by Crippen LogP contribution is -2.69. The summed E-state index contributed by atoms with van der Waals surface area (Å²) in [7, 11) is -3.69. The van der Waals surface area contributed by atoms with Crippen LogP contribution in [0.15, 0.2) is 36.5 Å². The van der Waals surface area contributed by atoms with Gasteiger partial charge in [0.25, 0.3) is 5.91 Å². The molecule has 3 saturated heterocycles. The summed E-state index contributed by atoms with van der Waals surface area (Å²) in [6, 6.07) is 5.58. The van der Waals surface area contributed by atoms with Gasteiger partial charge in [-0.25, -0.2) is 8.42 Å². The average Bonchev–Trinajstić information content (AvgIpc) is 3.34. The summed E-state index contributed by atoms with van der Waals surface area (Å²) in [5.41, 5.74) is 0.186. The number of rotatable bonds is 8. The number of piperazine rings is 1. The fourth-order valence-electron chi connectivity index (χ4n) is 6.06. The van der Waals surface area contributed by atoms with Crippen LogP contribution in [0.4, 0.5) is 0 Å². The Morgan fingerprint density at radius 2 is 1.84 bits per heavy atom. The van der Waals surface area contributed by atoms with E-state index < -0.39 is 64.2 Å². The average molecular weight is 616 g/mol. The van der Waals surface area contributed by atoms with Gasteiger partial charge in [-0.2, -0.15) is 4.31 Å². The van der Waals surface area contributed by atoms with Crippen molar-refractivity contribution in [1.29, 1.82) is 0 Å². The fraction of sp³-hybridized carbons (Fsp3) is 0.552. The molecular formula is C29H37N5O8S. The number of carbonyl (C=O) groups is 4. The first-order valence-electron chi connectivity index (χ1n) is 14.7. The molecule has 0 bridgehead atoms. The summed E-state index contributed by atoms with van der Waals surface area (Å²) in [6.07, 6.45) is 2.56. The van der Waals surface area contributed by atoms with Crippen LogP contribution in [0.25, 0.3) is 10.8 Å². The summed E-state index contributed by atoms with van der Waals surface area (Å²) in [6.45, 7) is 3.29. The SMILES string of the molecule is CCOC1OC(=O)CC1NC(=O)[C@@H]1CN(S(=O)(=O)CC)C[C@@H]2CCCC[C@H](NC(=O)c3nccc4ccccc34)C(=O)N21. The molecule has 3 aliphatic rings. The van der Waals surface area contributed by atoms with Crippen molar-refractivity contribution in [3.05, 3.63) is 42.2 Å². The van der Waals surface area contributed by atoms with Gasteiger partial charge in [0.1, 0.15) is 23.8 Å². The number of nitrogens with one attached hydrogen (secondary N) is 2. The van der Waals surface area contributed by atoms with E-state index in [0.29, 0.717) is 31.1 Å². The Balaban J connectivity index is 1.43. The van der Waals surface area contributed by atoms with Crippen LogP contribution in [0.2, 0.25) is 0 Å². The Kier molecular flexibility index (Phi) is 9.28.